The number of hydrogen-bond donors (Lipinski definition) is 1. The lowest BCUT2D eigenvalue weighted by atomic mass is 10.1. The van der Waals surface area contributed by atoms with Gasteiger partial charge in [0.25, 0.3) is 5.56 Å². The number of fused-ring (bicyclic) bond motifs is 1. The molecule has 0 atom stereocenters. The zero-order chi connectivity index (χ0) is 22.1. The van der Waals surface area contributed by atoms with E-state index >= 15 is 0 Å². The molecule has 0 radical (unpaired) electrons. The largest absolute Gasteiger partial charge is 0.337 e. The molecule has 0 amide bonds. The van der Waals surface area contributed by atoms with Gasteiger partial charge in [0.05, 0.1) is 11.3 Å². The number of benzene rings is 1. The molecule has 1 fully saturated rings. The Bertz CT molecular complexity index is 1360. The van der Waals surface area contributed by atoms with Gasteiger partial charge in [0.15, 0.2) is 5.82 Å². The Balaban J connectivity index is 0.00000259. The van der Waals surface area contributed by atoms with Gasteiger partial charge in [-0.05, 0) is 43.8 Å². The molecule has 11 heteroatoms. The predicted octanol–water partition coefficient (Wildman–Crippen LogP) is 3.53. The fourth-order valence-electron chi connectivity index (χ4n) is 4.13. The average Bonchev–Trinajstić information content (AvgIpc) is 3.46. The van der Waals surface area contributed by atoms with Crippen LogP contribution >= 0.6 is 35.5 Å². The summed E-state index contributed by atoms with van der Waals surface area (Å²) in [5, 5.41) is 7.30. The Labute approximate surface area is 204 Å². The second-order valence-corrected chi connectivity index (χ2v) is 9.67. The van der Waals surface area contributed by atoms with Crippen molar-refractivity contribution in [1.29, 1.82) is 0 Å². The minimum atomic E-state index is -0.323. The van der Waals surface area contributed by atoms with Gasteiger partial charge >= 0.3 is 5.69 Å². The summed E-state index contributed by atoms with van der Waals surface area (Å²) >= 11 is 3.02. The summed E-state index contributed by atoms with van der Waals surface area (Å²) in [6.07, 6.45) is 3.46. The van der Waals surface area contributed by atoms with Crippen LogP contribution in [0.15, 0.2) is 50.5 Å². The molecular formula is C22H24ClN5O3S2. The first-order valence-corrected chi connectivity index (χ1v) is 12.7. The molecule has 0 saturated carbocycles. The van der Waals surface area contributed by atoms with Crippen LogP contribution in [0.3, 0.4) is 0 Å². The zero-order valence-electron chi connectivity index (χ0n) is 18.0. The summed E-state index contributed by atoms with van der Waals surface area (Å²) in [7, 11) is 0. The van der Waals surface area contributed by atoms with Crippen molar-refractivity contribution in [2.24, 2.45) is 0 Å². The lowest BCUT2D eigenvalue weighted by molar-refractivity contribution is 0.338. The van der Waals surface area contributed by atoms with Gasteiger partial charge in [0.1, 0.15) is 11.2 Å². The van der Waals surface area contributed by atoms with Gasteiger partial charge in [-0.1, -0.05) is 35.5 Å². The molecule has 0 aliphatic carbocycles. The van der Waals surface area contributed by atoms with Crippen molar-refractivity contribution in [3.05, 3.63) is 69.0 Å². The first kappa shape index (κ1) is 23.7. The number of nitrogens with one attached hydrogen (secondary N) is 1. The molecule has 33 heavy (non-hydrogen) atoms. The van der Waals surface area contributed by atoms with Gasteiger partial charge in [-0.2, -0.15) is 16.7 Å². The zero-order valence-corrected chi connectivity index (χ0v) is 20.5. The van der Waals surface area contributed by atoms with Crippen molar-refractivity contribution in [2.45, 2.75) is 31.2 Å². The van der Waals surface area contributed by atoms with E-state index < -0.39 is 0 Å². The monoisotopic (exact) mass is 505 g/mol. The first-order chi connectivity index (χ1) is 15.7. The molecule has 0 spiro atoms. The third-order valence-corrected chi connectivity index (χ3v) is 7.37. The summed E-state index contributed by atoms with van der Waals surface area (Å²) in [4.78, 5) is 32.4. The minimum absolute atomic E-state index is 0. The molecule has 0 unspecified atom stereocenters. The van der Waals surface area contributed by atoms with Gasteiger partial charge in [0.2, 0.25) is 5.89 Å². The van der Waals surface area contributed by atoms with Crippen LogP contribution in [-0.4, -0.2) is 38.6 Å². The summed E-state index contributed by atoms with van der Waals surface area (Å²) < 4.78 is 9.03. The third-order valence-electron chi connectivity index (χ3n) is 5.66. The maximum atomic E-state index is 13.6. The van der Waals surface area contributed by atoms with Crippen LogP contribution < -0.4 is 16.6 Å². The number of halogens is 1. The van der Waals surface area contributed by atoms with Gasteiger partial charge in [0, 0.05) is 10.9 Å². The smallest absolute Gasteiger partial charge is 0.332 e. The van der Waals surface area contributed by atoms with E-state index in [4.69, 9.17) is 4.52 Å². The van der Waals surface area contributed by atoms with E-state index in [0.29, 0.717) is 27.7 Å². The number of piperidine rings is 1. The molecule has 1 aliphatic rings. The van der Waals surface area contributed by atoms with Gasteiger partial charge < -0.3 is 9.84 Å². The maximum absolute atomic E-state index is 13.6. The Kier molecular flexibility index (Phi) is 7.38. The van der Waals surface area contributed by atoms with Crippen LogP contribution in [0.4, 0.5) is 0 Å². The van der Waals surface area contributed by atoms with Crippen molar-refractivity contribution < 1.29 is 4.52 Å². The van der Waals surface area contributed by atoms with Crippen LogP contribution in [0.1, 0.15) is 30.6 Å². The molecule has 3 aromatic heterocycles. The molecule has 174 valence electrons. The molecule has 1 aromatic carbocycles. The molecule has 5 rings (SSSR count). The SMILES string of the molecule is CSCc1noc(Cn2c(=O)n(C3CCNCC3)c(=O)c3sc(-c4ccccc4)cc32)n1.Cl. The Hall–Kier alpha value is -2.40. The summed E-state index contributed by atoms with van der Waals surface area (Å²) in [6.45, 7) is 1.71. The molecule has 1 aliphatic heterocycles. The van der Waals surface area contributed by atoms with Gasteiger partial charge in [-0.25, -0.2) is 4.79 Å². The molecule has 4 aromatic rings. The van der Waals surface area contributed by atoms with Crippen molar-refractivity contribution in [1.82, 2.24) is 24.6 Å². The number of aromatic nitrogens is 4. The quantitative estimate of drug-likeness (QED) is 0.428. The summed E-state index contributed by atoms with van der Waals surface area (Å²) in [5.74, 6) is 1.60. The molecule has 1 saturated heterocycles. The summed E-state index contributed by atoms with van der Waals surface area (Å²) in [6, 6.07) is 11.7. The number of thiophene rings is 1. The third kappa shape index (κ3) is 4.65. The van der Waals surface area contributed by atoms with Gasteiger partial charge in [-0.15, -0.1) is 23.7 Å². The van der Waals surface area contributed by atoms with Crippen LogP contribution in [0.5, 0.6) is 0 Å². The fraction of sp³-hybridized carbons (Fsp3) is 0.364. The number of hydrogen-bond acceptors (Lipinski definition) is 8. The van der Waals surface area contributed by atoms with E-state index in [0.717, 1.165) is 36.4 Å². The van der Waals surface area contributed by atoms with E-state index in [1.165, 1.54) is 15.9 Å². The van der Waals surface area contributed by atoms with Crippen LogP contribution in [0.2, 0.25) is 0 Å². The second kappa shape index (κ2) is 10.3. The topological polar surface area (TPSA) is 95.0 Å². The van der Waals surface area contributed by atoms with Crippen LogP contribution in [0, 0.1) is 0 Å². The predicted molar refractivity (Wildman–Crippen MR) is 135 cm³/mol. The molecular weight excluding hydrogens is 482 g/mol. The standard InChI is InChI=1S/C22H23N5O3S2.ClH/c1-31-13-18-24-19(30-25-18)12-26-16-11-17(14-5-3-2-4-6-14)32-20(16)21(28)27(22(26)29)15-7-9-23-10-8-15;/h2-6,11,15,23H,7-10,12-13H2,1H3;1H. The van der Waals surface area contributed by atoms with E-state index in [2.05, 4.69) is 15.5 Å². The highest BCUT2D eigenvalue weighted by molar-refractivity contribution is 7.97. The highest BCUT2D eigenvalue weighted by Gasteiger charge is 2.24. The number of rotatable bonds is 6. The number of thioether (sulfide) groups is 1. The van der Waals surface area contributed by atoms with E-state index in [1.807, 2.05) is 42.7 Å². The fourth-order valence-corrected chi connectivity index (χ4v) is 5.61. The Morgan fingerprint density at radius 1 is 1.21 bits per heavy atom. The van der Waals surface area contributed by atoms with Crippen molar-refractivity contribution >= 4 is 45.7 Å². The van der Waals surface area contributed by atoms with E-state index in [-0.39, 0.29) is 36.2 Å². The molecule has 8 nitrogen and oxygen atoms in total. The second-order valence-electron chi connectivity index (χ2n) is 7.75. The van der Waals surface area contributed by atoms with Crippen LogP contribution in [0.25, 0.3) is 20.7 Å². The van der Waals surface area contributed by atoms with Crippen molar-refractivity contribution in [3.63, 3.8) is 0 Å². The molecule has 1 N–H and O–H groups in total. The number of nitrogens with zero attached hydrogens (tertiary/aromatic N) is 4. The minimum Gasteiger partial charge on any atom is -0.337 e. The lowest BCUT2D eigenvalue weighted by Gasteiger charge is -2.24. The normalized spacial score (nSPS) is 14.5. The van der Waals surface area contributed by atoms with E-state index in [9.17, 15) is 9.59 Å². The molecule has 4 heterocycles. The lowest BCUT2D eigenvalue weighted by Crippen LogP contribution is -2.45. The van der Waals surface area contributed by atoms with E-state index in [1.54, 1.807) is 16.3 Å². The summed E-state index contributed by atoms with van der Waals surface area (Å²) in [5.41, 5.74) is 1.09. The Morgan fingerprint density at radius 3 is 2.70 bits per heavy atom. The van der Waals surface area contributed by atoms with Crippen LogP contribution in [-0.2, 0) is 12.3 Å². The highest BCUT2D eigenvalue weighted by Crippen LogP contribution is 2.32. The Morgan fingerprint density at radius 2 is 1.97 bits per heavy atom. The van der Waals surface area contributed by atoms with Crippen molar-refractivity contribution in [3.8, 4) is 10.4 Å². The maximum Gasteiger partial charge on any atom is 0.332 e. The average molecular weight is 506 g/mol. The molecule has 0 bridgehead atoms. The van der Waals surface area contributed by atoms with Gasteiger partial charge in [-0.3, -0.25) is 13.9 Å². The highest BCUT2D eigenvalue weighted by atomic mass is 35.5. The van der Waals surface area contributed by atoms with Crippen molar-refractivity contribution in [2.75, 3.05) is 19.3 Å². The first-order valence-electron chi connectivity index (χ1n) is 10.5.